The molecule has 1 atom stereocenters. The number of rotatable bonds is 6. The Hall–Kier alpha value is -1.47. The first-order valence-electron chi connectivity index (χ1n) is 6.07. The fourth-order valence-corrected chi connectivity index (χ4v) is 2.03. The number of hydrogen-bond donors (Lipinski definition) is 2. The minimum Gasteiger partial charge on any atom is -0.476 e. The summed E-state index contributed by atoms with van der Waals surface area (Å²) in [5, 5.41) is 19.3. The minimum absolute atomic E-state index is 0.0268. The van der Waals surface area contributed by atoms with Gasteiger partial charge in [0.2, 0.25) is 0 Å². The lowest BCUT2D eigenvalue weighted by atomic mass is 10.0. The molecule has 0 saturated carbocycles. The van der Waals surface area contributed by atoms with Crippen LogP contribution in [0.4, 0.5) is 0 Å². The summed E-state index contributed by atoms with van der Waals surface area (Å²) in [7, 11) is 0. The maximum Gasteiger partial charge on any atom is 0.358 e. The van der Waals surface area contributed by atoms with Crippen LogP contribution in [0.25, 0.3) is 0 Å². The summed E-state index contributed by atoms with van der Waals surface area (Å²) in [4.78, 5) is 10.6. The molecule has 18 heavy (non-hydrogen) atoms. The maximum absolute atomic E-state index is 10.6. The van der Waals surface area contributed by atoms with Crippen LogP contribution in [0, 0.1) is 0 Å². The van der Waals surface area contributed by atoms with Crippen molar-refractivity contribution in [3.05, 3.63) is 11.9 Å². The fourth-order valence-electron chi connectivity index (χ4n) is 2.03. The van der Waals surface area contributed by atoms with Crippen molar-refractivity contribution in [1.29, 1.82) is 0 Å². The Balaban J connectivity index is 1.70. The second kappa shape index (κ2) is 5.45. The molecular weight excluding hydrogens is 236 g/mol. The fraction of sp³-hybridized carbons (Fsp3) is 0.727. The van der Waals surface area contributed by atoms with Crippen LogP contribution < -0.4 is 5.32 Å². The molecule has 7 heteroatoms. The van der Waals surface area contributed by atoms with E-state index < -0.39 is 5.97 Å². The van der Waals surface area contributed by atoms with Crippen LogP contribution in [-0.2, 0) is 11.3 Å². The molecule has 0 aliphatic carbocycles. The van der Waals surface area contributed by atoms with Crippen molar-refractivity contribution in [1.82, 2.24) is 20.3 Å². The first-order valence-corrected chi connectivity index (χ1v) is 6.07. The predicted molar refractivity (Wildman–Crippen MR) is 63.4 cm³/mol. The summed E-state index contributed by atoms with van der Waals surface area (Å²) in [5.74, 6) is -1.05. The molecule has 0 amide bonds. The van der Waals surface area contributed by atoms with Gasteiger partial charge >= 0.3 is 5.97 Å². The highest BCUT2D eigenvalue weighted by atomic mass is 16.5. The summed E-state index contributed by atoms with van der Waals surface area (Å²) in [6.45, 7) is 5.04. The lowest BCUT2D eigenvalue weighted by molar-refractivity contribution is 0.0208. The van der Waals surface area contributed by atoms with Gasteiger partial charge in [-0.25, -0.2) is 4.79 Å². The molecule has 1 aromatic heterocycles. The Labute approximate surface area is 105 Å². The molecule has 0 bridgehead atoms. The molecule has 100 valence electrons. The van der Waals surface area contributed by atoms with E-state index in [1.165, 1.54) is 10.9 Å². The van der Waals surface area contributed by atoms with Gasteiger partial charge in [-0.05, 0) is 19.8 Å². The average molecular weight is 254 g/mol. The lowest BCUT2D eigenvalue weighted by Crippen LogP contribution is -2.38. The number of aromatic nitrogens is 3. The van der Waals surface area contributed by atoms with Crippen LogP contribution in [0.15, 0.2) is 6.20 Å². The van der Waals surface area contributed by atoms with Crippen LogP contribution >= 0.6 is 0 Å². The number of carboxylic acids is 1. The summed E-state index contributed by atoms with van der Waals surface area (Å²) < 4.78 is 7.18. The highest BCUT2D eigenvalue weighted by molar-refractivity contribution is 5.84. The Morgan fingerprint density at radius 3 is 3.17 bits per heavy atom. The number of hydrogen-bond acceptors (Lipinski definition) is 5. The zero-order valence-corrected chi connectivity index (χ0v) is 10.4. The number of ether oxygens (including phenoxy) is 1. The second-order valence-electron chi connectivity index (χ2n) is 4.75. The van der Waals surface area contributed by atoms with E-state index in [9.17, 15) is 4.79 Å². The summed E-state index contributed by atoms with van der Waals surface area (Å²) in [6.07, 6.45) is 3.62. The standard InChI is InChI=1S/C11H18N4O3/c1-11(3-2-6-18-11)8-12-4-5-15-7-9(10(16)17)13-14-15/h7,12H,2-6,8H2,1H3,(H,16,17). The van der Waals surface area contributed by atoms with E-state index >= 15 is 0 Å². The van der Waals surface area contributed by atoms with Crippen LogP contribution in [-0.4, -0.2) is 51.4 Å². The van der Waals surface area contributed by atoms with Crippen molar-refractivity contribution >= 4 is 5.97 Å². The molecule has 7 nitrogen and oxygen atoms in total. The molecule has 1 aliphatic heterocycles. The summed E-state index contributed by atoms with van der Waals surface area (Å²) in [6, 6.07) is 0. The number of carboxylic acid groups (broad SMARTS) is 1. The van der Waals surface area contributed by atoms with Gasteiger partial charge in [-0.3, -0.25) is 4.68 Å². The van der Waals surface area contributed by atoms with Gasteiger partial charge < -0.3 is 15.2 Å². The largest absolute Gasteiger partial charge is 0.476 e. The van der Waals surface area contributed by atoms with E-state index in [-0.39, 0.29) is 11.3 Å². The van der Waals surface area contributed by atoms with Crippen LogP contribution in [0.5, 0.6) is 0 Å². The van der Waals surface area contributed by atoms with Gasteiger partial charge in [0.05, 0.1) is 18.3 Å². The maximum atomic E-state index is 10.6. The van der Waals surface area contributed by atoms with E-state index in [1.807, 2.05) is 0 Å². The third-order valence-electron chi connectivity index (χ3n) is 3.07. The number of nitrogens with zero attached hydrogens (tertiary/aromatic N) is 3. The zero-order valence-electron chi connectivity index (χ0n) is 10.4. The van der Waals surface area contributed by atoms with Gasteiger partial charge in [0.1, 0.15) is 0 Å². The molecule has 1 fully saturated rings. The molecule has 1 saturated heterocycles. The molecule has 2 heterocycles. The van der Waals surface area contributed by atoms with Gasteiger partial charge in [0, 0.05) is 19.7 Å². The molecule has 1 aromatic rings. The Morgan fingerprint density at radius 2 is 2.56 bits per heavy atom. The third kappa shape index (κ3) is 3.27. The van der Waals surface area contributed by atoms with Crippen LogP contribution in [0.3, 0.4) is 0 Å². The average Bonchev–Trinajstić information content (AvgIpc) is 2.94. The van der Waals surface area contributed by atoms with E-state index in [0.29, 0.717) is 13.1 Å². The Morgan fingerprint density at radius 1 is 1.72 bits per heavy atom. The van der Waals surface area contributed by atoms with Crippen molar-refractivity contribution < 1.29 is 14.6 Å². The monoisotopic (exact) mass is 254 g/mol. The van der Waals surface area contributed by atoms with Gasteiger partial charge in [0.15, 0.2) is 5.69 Å². The smallest absolute Gasteiger partial charge is 0.358 e. The van der Waals surface area contributed by atoms with Gasteiger partial charge in [-0.15, -0.1) is 5.10 Å². The van der Waals surface area contributed by atoms with Crippen molar-refractivity contribution in [2.45, 2.75) is 31.9 Å². The van der Waals surface area contributed by atoms with E-state index in [1.54, 1.807) is 0 Å². The second-order valence-corrected chi connectivity index (χ2v) is 4.75. The summed E-state index contributed by atoms with van der Waals surface area (Å²) >= 11 is 0. The highest BCUT2D eigenvalue weighted by Crippen LogP contribution is 2.23. The van der Waals surface area contributed by atoms with Gasteiger partial charge in [0.25, 0.3) is 0 Å². The third-order valence-corrected chi connectivity index (χ3v) is 3.07. The topological polar surface area (TPSA) is 89.3 Å². The quantitative estimate of drug-likeness (QED) is 0.702. The number of aromatic carboxylic acids is 1. The Kier molecular flexibility index (Phi) is 3.93. The zero-order chi connectivity index (χ0) is 13.0. The molecule has 0 aromatic carbocycles. The van der Waals surface area contributed by atoms with E-state index in [4.69, 9.17) is 9.84 Å². The Bertz CT molecular complexity index is 412. The normalized spacial score (nSPS) is 23.4. The first kappa shape index (κ1) is 13.0. The van der Waals surface area contributed by atoms with Crippen LogP contribution in [0.1, 0.15) is 30.3 Å². The van der Waals surface area contributed by atoms with Gasteiger partial charge in [-0.2, -0.15) is 0 Å². The number of nitrogens with one attached hydrogen (secondary N) is 1. The molecule has 2 N–H and O–H groups in total. The molecule has 0 radical (unpaired) electrons. The molecular formula is C11H18N4O3. The molecule has 2 rings (SSSR count). The van der Waals surface area contributed by atoms with E-state index in [0.717, 1.165) is 26.0 Å². The highest BCUT2D eigenvalue weighted by Gasteiger charge is 2.28. The minimum atomic E-state index is -1.05. The first-order chi connectivity index (χ1) is 8.59. The van der Waals surface area contributed by atoms with E-state index in [2.05, 4.69) is 22.6 Å². The van der Waals surface area contributed by atoms with Crippen molar-refractivity contribution in [3.63, 3.8) is 0 Å². The lowest BCUT2D eigenvalue weighted by Gasteiger charge is -2.23. The van der Waals surface area contributed by atoms with Crippen molar-refractivity contribution in [2.75, 3.05) is 19.7 Å². The SMILES string of the molecule is CC1(CNCCn2cc(C(=O)O)nn2)CCCO1. The molecule has 1 unspecified atom stereocenters. The van der Waals surface area contributed by atoms with Crippen molar-refractivity contribution in [3.8, 4) is 0 Å². The molecule has 0 spiro atoms. The van der Waals surface area contributed by atoms with Gasteiger partial charge in [-0.1, -0.05) is 5.21 Å². The van der Waals surface area contributed by atoms with Crippen LogP contribution in [0.2, 0.25) is 0 Å². The number of carbonyl (C=O) groups is 1. The van der Waals surface area contributed by atoms with Crippen molar-refractivity contribution in [2.24, 2.45) is 0 Å². The summed E-state index contributed by atoms with van der Waals surface area (Å²) in [5.41, 5.74) is -0.0877. The predicted octanol–water partition coefficient (Wildman–Crippen LogP) is 0.135. The molecule has 1 aliphatic rings.